The Morgan fingerprint density at radius 3 is 2.60 bits per heavy atom. The van der Waals surface area contributed by atoms with Crippen molar-refractivity contribution in [1.29, 1.82) is 5.26 Å². The lowest BCUT2D eigenvalue weighted by atomic mass is 10.2. The summed E-state index contributed by atoms with van der Waals surface area (Å²) >= 11 is 0. The zero-order chi connectivity index (χ0) is 14.5. The van der Waals surface area contributed by atoms with Gasteiger partial charge in [0.2, 0.25) is 0 Å². The summed E-state index contributed by atoms with van der Waals surface area (Å²) in [6.07, 6.45) is 0. The van der Waals surface area contributed by atoms with Crippen molar-refractivity contribution >= 4 is 11.6 Å². The van der Waals surface area contributed by atoms with E-state index < -0.39 is 0 Å². The van der Waals surface area contributed by atoms with Crippen molar-refractivity contribution in [2.45, 2.75) is 13.8 Å². The molecule has 1 aromatic heterocycles. The second-order valence-corrected chi connectivity index (χ2v) is 4.25. The van der Waals surface area contributed by atoms with Crippen LogP contribution >= 0.6 is 0 Å². The van der Waals surface area contributed by atoms with E-state index in [0.717, 1.165) is 0 Å². The number of nitrogens with one attached hydrogen (secondary N) is 1. The van der Waals surface area contributed by atoms with Gasteiger partial charge in [0.1, 0.15) is 23.3 Å². The standard InChI is InChI=1S/C15H14N2O3/c1-10-9-14(11(2)20-10)15(18)17-12-3-5-13(6-4-12)19-8-7-16/h3-6,9H,8H2,1-2H3,(H,17,18). The Kier molecular flexibility index (Phi) is 4.06. The first kappa shape index (κ1) is 13.7. The molecular weight excluding hydrogens is 256 g/mol. The van der Waals surface area contributed by atoms with Crippen LogP contribution in [0.4, 0.5) is 5.69 Å². The molecule has 102 valence electrons. The molecule has 1 amide bonds. The van der Waals surface area contributed by atoms with Crippen molar-refractivity contribution < 1.29 is 13.9 Å². The molecule has 0 bridgehead atoms. The Morgan fingerprint density at radius 1 is 1.35 bits per heavy atom. The summed E-state index contributed by atoms with van der Waals surface area (Å²) in [5.74, 6) is 1.66. The topological polar surface area (TPSA) is 75.3 Å². The molecule has 2 aromatic rings. The van der Waals surface area contributed by atoms with Gasteiger partial charge in [-0.1, -0.05) is 0 Å². The Balaban J connectivity index is 2.05. The number of furan rings is 1. The molecule has 1 aromatic carbocycles. The third-order valence-electron chi connectivity index (χ3n) is 2.70. The summed E-state index contributed by atoms with van der Waals surface area (Å²) in [4.78, 5) is 12.1. The number of nitriles is 1. The second kappa shape index (κ2) is 5.93. The highest BCUT2D eigenvalue weighted by atomic mass is 16.5. The number of carbonyl (C=O) groups is 1. The fourth-order valence-corrected chi connectivity index (χ4v) is 1.80. The lowest BCUT2D eigenvalue weighted by Crippen LogP contribution is -2.12. The molecule has 0 radical (unpaired) electrons. The Morgan fingerprint density at radius 2 is 2.05 bits per heavy atom. The summed E-state index contributed by atoms with van der Waals surface area (Å²) in [7, 11) is 0. The molecule has 1 N–H and O–H groups in total. The van der Waals surface area contributed by atoms with Crippen LogP contribution in [0, 0.1) is 25.2 Å². The Bertz CT molecular complexity index is 651. The molecule has 0 atom stereocenters. The van der Waals surface area contributed by atoms with Gasteiger partial charge >= 0.3 is 0 Å². The van der Waals surface area contributed by atoms with Crippen LogP contribution in [0.25, 0.3) is 0 Å². The van der Waals surface area contributed by atoms with Gasteiger partial charge in [-0.05, 0) is 44.2 Å². The van der Waals surface area contributed by atoms with E-state index in [1.54, 1.807) is 44.2 Å². The smallest absolute Gasteiger partial charge is 0.259 e. The Labute approximate surface area is 116 Å². The minimum atomic E-state index is -0.218. The number of hydrogen-bond donors (Lipinski definition) is 1. The number of anilines is 1. The van der Waals surface area contributed by atoms with Crippen molar-refractivity contribution in [2.75, 3.05) is 11.9 Å². The highest BCUT2D eigenvalue weighted by molar-refractivity contribution is 6.05. The van der Waals surface area contributed by atoms with Gasteiger partial charge in [0.15, 0.2) is 6.61 Å². The van der Waals surface area contributed by atoms with Gasteiger partial charge in [0.05, 0.1) is 5.56 Å². The van der Waals surface area contributed by atoms with Crippen molar-refractivity contribution in [1.82, 2.24) is 0 Å². The molecule has 1 heterocycles. The van der Waals surface area contributed by atoms with E-state index in [1.807, 2.05) is 6.07 Å². The van der Waals surface area contributed by atoms with E-state index in [0.29, 0.717) is 28.5 Å². The fraction of sp³-hybridized carbons (Fsp3) is 0.200. The number of amides is 1. The number of hydrogen-bond acceptors (Lipinski definition) is 4. The maximum atomic E-state index is 12.1. The predicted octanol–water partition coefficient (Wildman–Crippen LogP) is 3.05. The molecule has 0 spiro atoms. The lowest BCUT2D eigenvalue weighted by Gasteiger charge is -2.06. The molecule has 5 heteroatoms. The van der Waals surface area contributed by atoms with E-state index in [-0.39, 0.29) is 12.5 Å². The number of benzene rings is 1. The molecule has 0 unspecified atom stereocenters. The molecule has 20 heavy (non-hydrogen) atoms. The maximum absolute atomic E-state index is 12.1. The van der Waals surface area contributed by atoms with Crippen molar-refractivity contribution in [3.05, 3.63) is 47.4 Å². The monoisotopic (exact) mass is 270 g/mol. The number of ether oxygens (including phenoxy) is 1. The van der Waals surface area contributed by atoms with Crippen molar-refractivity contribution in [3.8, 4) is 11.8 Å². The molecule has 2 rings (SSSR count). The molecule has 0 aliphatic rings. The van der Waals surface area contributed by atoms with Gasteiger partial charge in [-0.3, -0.25) is 4.79 Å². The first-order chi connectivity index (χ1) is 9.60. The Hall–Kier alpha value is -2.74. The van der Waals surface area contributed by atoms with Crippen LogP contribution in [0.3, 0.4) is 0 Å². The van der Waals surface area contributed by atoms with E-state index in [4.69, 9.17) is 14.4 Å². The molecule has 0 aliphatic carbocycles. The van der Waals surface area contributed by atoms with Crippen LogP contribution in [-0.4, -0.2) is 12.5 Å². The van der Waals surface area contributed by atoms with Crippen LogP contribution in [0.5, 0.6) is 5.75 Å². The van der Waals surface area contributed by atoms with Crippen molar-refractivity contribution in [2.24, 2.45) is 0 Å². The van der Waals surface area contributed by atoms with Crippen molar-refractivity contribution in [3.63, 3.8) is 0 Å². The van der Waals surface area contributed by atoms with Gasteiger partial charge in [0, 0.05) is 5.69 Å². The molecular formula is C15H14N2O3. The van der Waals surface area contributed by atoms with Crippen LogP contribution in [0.1, 0.15) is 21.9 Å². The number of rotatable bonds is 4. The molecule has 5 nitrogen and oxygen atoms in total. The van der Waals surface area contributed by atoms with Gasteiger partial charge in [0.25, 0.3) is 5.91 Å². The second-order valence-electron chi connectivity index (χ2n) is 4.25. The van der Waals surface area contributed by atoms with Gasteiger partial charge in [-0.15, -0.1) is 0 Å². The zero-order valence-electron chi connectivity index (χ0n) is 11.3. The molecule has 0 saturated carbocycles. The number of carbonyl (C=O) groups excluding carboxylic acids is 1. The van der Waals surface area contributed by atoms with Crippen LogP contribution in [-0.2, 0) is 0 Å². The SMILES string of the molecule is Cc1cc(C(=O)Nc2ccc(OCC#N)cc2)c(C)o1. The number of aryl methyl sites for hydroxylation is 2. The molecule has 0 saturated heterocycles. The van der Waals surface area contributed by atoms with Crippen LogP contribution in [0.15, 0.2) is 34.7 Å². The van der Waals surface area contributed by atoms with E-state index in [2.05, 4.69) is 5.32 Å². The summed E-state index contributed by atoms with van der Waals surface area (Å²) in [6.45, 7) is 3.55. The van der Waals surface area contributed by atoms with Gasteiger partial charge in [-0.2, -0.15) is 5.26 Å². The summed E-state index contributed by atoms with van der Waals surface area (Å²) in [5, 5.41) is 11.2. The predicted molar refractivity (Wildman–Crippen MR) is 73.7 cm³/mol. The van der Waals surface area contributed by atoms with Crippen LogP contribution in [0.2, 0.25) is 0 Å². The first-order valence-corrected chi connectivity index (χ1v) is 6.08. The largest absolute Gasteiger partial charge is 0.479 e. The average Bonchev–Trinajstić information content (AvgIpc) is 2.77. The molecule has 0 fully saturated rings. The minimum Gasteiger partial charge on any atom is -0.479 e. The zero-order valence-corrected chi connectivity index (χ0v) is 11.3. The normalized spacial score (nSPS) is 9.85. The maximum Gasteiger partial charge on any atom is 0.259 e. The van der Waals surface area contributed by atoms with E-state index in [9.17, 15) is 4.79 Å². The van der Waals surface area contributed by atoms with Crippen LogP contribution < -0.4 is 10.1 Å². The van der Waals surface area contributed by atoms with E-state index in [1.165, 1.54) is 0 Å². The highest BCUT2D eigenvalue weighted by Gasteiger charge is 2.13. The van der Waals surface area contributed by atoms with E-state index >= 15 is 0 Å². The van der Waals surface area contributed by atoms with Gasteiger partial charge in [-0.25, -0.2) is 0 Å². The number of nitrogens with zero attached hydrogens (tertiary/aromatic N) is 1. The lowest BCUT2D eigenvalue weighted by molar-refractivity contribution is 0.102. The van der Waals surface area contributed by atoms with Gasteiger partial charge < -0.3 is 14.5 Å². The third-order valence-corrected chi connectivity index (χ3v) is 2.70. The molecule has 0 aliphatic heterocycles. The minimum absolute atomic E-state index is 0.000797. The fourth-order valence-electron chi connectivity index (χ4n) is 1.80. The average molecular weight is 270 g/mol. The summed E-state index contributed by atoms with van der Waals surface area (Å²) < 4.78 is 10.5. The highest BCUT2D eigenvalue weighted by Crippen LogP contribution is 2.18. The first-order valence-electron chi connectivity index (χ1n) is 6.08. The summed E-state index contributed by atoms with van der Waals surface area (Å²) in [5.41, 5.74) is 1.17. The summed E-state index contributed by atoms with van der Waals surface area (Å²) in [6, 6.07) is 10.4. The third kappa shape index (κ3) is 3.18. The quantitative estimate of drug-likeness (QED) is 0.926.